The summed E-state index contributed by atoms with van der Waals surface area (Å²) in [6.45, 7) is 3.26. The van der Waals surface area contributed by atoms with E-state index in [1.165, 1.54) is 12.8 Å². The van der Waals surface area contributed by atoms with Crippen molar-refractivity contribution < 1.29 is 4.74 Å². The number of aromatic nitrogens is 2. The van der Waals surface area contributed by atoms with Crippen LogP contribution in [-0.4, -0.2) is 16.6 Å². The van der Waals surface area contributed by atoms with Gasteiger partial charge in [-0.15, -0.1) is 0 Å². The maximum absolute atomic E-state index is 5.84. The van der Waals surface area contributed by atoms with Gasteiger partial charge in [0, 0.05) is 12.5 Å². The minimum atomic E-state index is 0.449. The molecule has 1 aromatic rings. The highest BCUT2D eigenvalue weighted by molar-refractivity contribution is 9.10. The molecular weight excluding hydrogens is 270 g/mol. The van der Waals surface area contributed by atoms with Gasteiger partial charge in [0.1, 0.15) is 12.4 Å². The van der Waals surface area contributed by atoms with E-state index in [2.05, 4.69) is 32.8 Å². The molecule has 0 aliphatic heterocycles. The van der Waals surface area contributed by atoms with Gasteiger partial charge in [-0.3, -0.25) is 0 Å². The third kappa shape index (κ3) is 2.71. The van der Waals surface area contributed by atoms with Crippen LogP contribution in [0.5, 0.6) is 0 Å². The Balaban J connectivity index is 2.13. The quantitative estimate of drug-likeness (QED) is 0.845. The summed E-state index contributed by atoms with van der Waals surface area (Å²) in [5, 5.41) is 0. The summed E-state index contributed by atoms with van der Waals surface area (Å²) in [6.07, 6.45) is 3.40. The lowest BCUT2D eigenvalue weighted by Crippen LogP contribution is -2.06. The largest absolute Gasteiger partial charge is 0.383 e. The zero-order chi connectivity index (χ0) is 11.5. The standard InChI is InChI=1S/C11H16BrN3O/c1-2-5-16-6-8-14-10(7-3-4-7)9(12)11(13)15-8/h7H,2-6H2,1H3,(H2,13,14,15). The van der Waals surface area contributed by atoms with Gasteiger partial charge in [0.15, 0.2) is 5.82 Å². The molecule has 1 aliphatic rings. The van der Waals surface area contributed by atoms with Crippen molar-refractivity contribution in [2.75, 3.05) is 12.3 Å². The van der Waals surface area contributed by atoms with Gasteiger partial charge >= 0.3 is 0 Å². The fourth-order valence-corrected chi connectivity index (χ4v) is 2.03. The average molecular weight is 286 g/mol. The molecule has 0 unspecified atom stereocenters. The first kappa shape index (κ1) is 11.8. The summed E-state index contributed by atoms with van der Waals surface area (Å²) >= 11 is 3.45. The minimum absolute atomic E-state index is 0.449. The number of halogens is 1. The first-order chi connectivity index (χ1) is 7.72. The predicted octanol–water partition coefficient (Wildman–Crippen LogP) is 2.63. The number of nitrogens with zero attached hydrogens (tertiary/aromatic N) is 2. The predicted molar refractivity (Wildman–Crippen MR) is 66.1 cm³/mol. The van der Waals surface area contributed by atoms with Crippen molar-refractivity contribution in [3.8, 4) is 0 Å². The number of nitrogens with two attached hydrogens (primary N) is 1. The fraction of sp³-hybridized carbons (Fsp3) is 0.636. The minimum Gasteiger partial charge on any atom is -0.383 e. The van der Waals surface area contributed by atoms with E-state index in [0.717, 1.165) is 23.2 Å². The number of hydrogen-bond donors (Lipinski definition) is 1. The fourth-order valence-electron chi connectivity index (χ4n) is 1.53. The number of anilines is 1. The average Bonchev–Trinajstić information content (AvgIpc) is 3.07. The summed E-state index contributed by atoms with van der Waals surface area (Å²) in [6, 6.07) is 0. The van der Waals surface area contributed by atoms with Gasteiger partial charge < -0.3 is 10.5 Å². The number of hydrogen-bond acceptors (Lipinski definition) is 4. The zero-order valence-corrected chi connectivity index (χ0v) is 11.0. The van der Waals surface area contributed by atoms with E-state index in [1.54, 1.807) is 0 Å². The highest BCUT2D eigenvalue weighted by Gasteiger charge is 2.28. The van der Waals surface area contributed by atoms with E-state index in [-0.39, 0.29) is 0 Å². The van der Waals surface area contributed by atoms with Crippen molar-refractivity contribution in [3.63, 3.8) is 0 Å². The normalized spacial score (nSPS) is 15.4. The molecule has 2 N–H and O–H groups in total. The molecule has 16 heavy (non-hydrogen) atoms. The van der Waals surface area contributed by atoms with Crippen molar-refractivity contribution in [2.45, 2.75) is 38.7 Å². The van der Waals surface area contributed by atoms with E-state index in [0.29, 0.717) is 24.2 Å². The molecule has 0 amide bonds. The summed E-state index contributed by atoms with van der Waals surface area (Å²) in [5.41, 5.74) is 6.88. The lowest BCUT2D eigenvalue weighted by molar-refractivity contribution is 0.116. The molecule has 0 aromatic carbocycles. The van der Waals surface area contributed by atoms with Crippen molar-refractivity contribution in [1.82, 2.24) is 9.97 Å². The lowest BCUT2D eigenvalue weighted by Gasteiger charge is -2.08. The Labute approximate surface area is 104 Å². The molecule has 0 radical (unpaired) electrons. The van der Waals surface area contributed by atoms with Crippen LogP contribution in [0.2, 0.25) is 0 Å². The Bertz CT molecular complexity index is 380. The first-order valence-corrected chi connectivity index (χ1v) is 6.41. The monoisotopic (exact) mass is 285 g/mol. The second-order valence-corrected chi connectivity index (χ2v) is 4.84. The molecular formula is C11H16BrN3O. The maximum Gasteiger partial charge on any atom is 0.156 e. The lowest BCUT2D eigenvalue weighted by atomic mass is 10.2. The molecule has 2 rings (SSSR count). The molecule has 0 saturated heterocycles. The van der Waals surface area contributed by atoms with E-state index in [4.69, 9.17) is 10.5 Å². The van der Waals surface area contributed by atoms with Crippen LogP contribution in [-0.2, 0) is 11.3 Å². The SMILES string of the molecule is CCCOCc1nc(N)c(Br)c(C2CC2)n1. The van der Waals surface area contributed by atoms with Crippen LogP contribution >= 0.6 is 15.9 Å². The highest BCUT2D eigenvalue weighted by Crippen LogP contribution is 2.43. The molecule has 0 bridgehead atoms. The number of nitrogen functional groups attached to an aromatic ring is 1. The Morgan fingerprint density at radius 1 is 1.44 bits per heavy atom. The van der Waals surface area contributed by atoms with Gasteiger partial charge in [-0.25, -0.2) is 9.97 Å². The van der Waals surface area contributed by atoms with Crippen LogP contribution in [0.4, 0.5) is 5.82 Å². The van der Waals surface area contributed by atoms with Crippen LogP contribution in [0.25, 0.3) is 0 Å². The van der Waals surface area contributed by atoms with E-state index < -0.39 is 0 Å². The van der Waals surface area contributed by atoms with E-state index >= 15 is 0 Å². The number of ether oxygens (including phenoxy) is 1. The van der Waals surface area contributed by atoms with E-state index in [1.807, 2.05) is 0 Å². The second-order valence-electron chi connectivity index (χ2n) is 4.05. The van der Waals surface area contributed by atoms with Crippen molar-refractivity contribution >= 4 is 21.7 Å². The highest BCUT2D eigenvalue weighted by atomic mass is 79.9. The number of rotatable bonds is 5. The van der Waals surface area contributed by atoms with Gasteiger partial charge in [0.25, 0.3) is 0 Å². The van der Waals surface area contributed by atoms with Gasteiger partial charge in [-0.1, -0.05) is 6.92 Å². The Kier molecular flexibility index (Phi) is 3.76. The Hall–Kier alpha value is -0.680. The van der Waals surface area contributed by atoms with Gasteiger partial charge in [0.05, 0.1) is 10.2 Å². The summed E-state index contributed by atoms with van der Waals surface area (Å²) in [5.74, 6) is 1.77. The summed E-state index contributed by atoms with van der Waals surface area (Å²) < 4.78 is 6.28. The van der Waals surface area contributed by atoms with Crippen LogP contribution in [0.15, 0.2) is 4.47 Å². The van der Waals surface area contributed by atoms with E-state index in [9.17, 15) is 0 Å². The van der Waals surface area contributed by atoms with Crippen LogP contribution in [0, 0.1) is 0 Å². The van der Waals surface area contributed by atoms with Crippen molar-refractivity contribution in [3.05, 3.63) is 16.0 Å². The zero-order valence-electron chi connectivity index (χ0n) is 9.37. The van der Waals surface area contributed by atoms with Gasteiger partial charge in [-0.2, -0.15) is 0 Å². The molecule has 4 nitrogen and oxygen atoms in total. The molecule has 5 heteroatoms. The van der Waals surface area contributed by atoms with Gasteiger partial charge in [-0.05, 0) is 35.2 Å². The second kappa shape index (κ2) is 5.10. The topological polar surface area (TPSA) is 61.0 Å². The molecule has 0 spiro atoms. The molecule has 1 heterocycles. The van der Waals surface area contributed by atoms with Crippen LogP contribution in [0.3, 0.4) is 0 Å². The molecule has 1 aromatic heterocycles. The summed E-state index contributed by atoms with van der Waals surface area (Å²) in [7, 11) is 0. The van der Waals surface area contributed by atoms with Crippen molar-refractivity contribution in [2.24, 2.45) is 0 Å². The maximum atomic E-state index is 5.84. The van der Waals surface area contributed by atoms with Gasteiger partial charge in [0.2, 0.25) is 0 Å². The smallest absolute Gasteiger partial charge is 0.156 e. The Morgan fingerprint density at radius 2 is 2.19 bits per heavy atom. The Morgan fingerprint density at radius 3 is 2.81 bits per heavy atom. The van der Waals surface area contributed by atoms with Crippen LogP contribution in [0.1, 0.15) is 43.6 Å². The summed E-state index contributed by atoms with van der Waals surface area (Å²) in [4.78, 5) is 8.71. The molecule has 1 saturated carbocycles. The first-order valence-electron chi connectivity index (χ1n) is 5.62. The molecule has 0 atom stereocenters. The van der Waals surface area contributed by atoms with Crippen LogP contribution < -0.4 is 5.73 Å². The third-order valence-electron chi connectivity index (χ3n) is 2.49. The third-order valence-corrected chi connectivity index (χ3v) is 3.30. The van der Waals surface area contributed by atoms with Crippen molar-refractivity contribution in [1.29, 1.82) is 0 Å². The molecule has 88 valence electrons. The molecule has 1 aliphatic carbocycles. The molecule has 1 fully saturated rings.